The van der Waals surface area contributed by atoms with Crippen molar-refractivity contribution in [1.29, 1.82) is 0 Å². The average Bonchev–Trinajstić information content (AvgIpc) is 2.30. The predicted octanol–water partition coefficient (Wildman–Crippen LogP) is 2.09. The minimum Gasteiger partial charge on any atom is -0.507 e. The summed E-state index contributed by atoms with van der Waals surface area (Å²) in [6.45, 7) is 1.80. The highest BCUT2D eigenvalue weighted by molar-refractivity contribution is 9.10. The molecule has 0 fully saturated rings. The van der Waals surface area contributed by atoms with Gasteiger partial charge in [-0.15, -0.1) is 0 Å². The standard InChI is InChI=1S/C12H14BrNO4/c1-2-5-14(7-11(16)17)12(18)9-6-8(13)3-4-10(9)15/h3-4,6,15H,2,5,7H2,1H3,(H,16,17). The molecule has 6 heteroatoms. The number of hydrogen-bond donors (Lipinski definition) is 2. The molecule has 0 bridgehead atoms. The average molecular weight is 316 g/mol. The lowest BCUT2D eigenvalue weighted by Crippen LogP contribution is -2.36. The van der Waals surface area contributed by atoms with Gasteiger partial charge in [0.1, 0.15) is 12.3 Å². The summed E-state index contributed by atoms with van der Waals surface area (Å²) in [6, 6.07) is 4.47. The fraction of sp³-hybridized carbons (Fsp3) is 0.333. The van der Waals surface area contributed by atoms with Gasteiger partial charge in [-0.25, -0.2) is 0 Å². The van der Waals surface area contributed by atoms with Gasteiger partial charge in [0.05, 0.1) is 5.56 Å². The second kappa shape index (κ2) is 6.39. The Labute approximate surface area is 113 Å². The van der Waals surface area contributed by atoms with Crippen LogP contribution in [0.5, 0.6) is 5.75 Å². The normalized spacial score (nSPS) is 10.1. The van der Waals surface area contributed by atoms with Crippen molar-refractivity contribution < 1.29 is 19.8 Å². The summed E-state index contributed by atoms with van der Waals surface area (Å²) in [5, 5.41) is 18.4. The molecule has 0 radical (unpaired) electrons. The second-order valence-electron chi connectivity index (χ2n) is 3.78. The molecule has 0 aliphatic heterocycles. The van der Waals surface area contributed by atoms with E-state index in [9.17, 15) is 14.7 Å². The molecule has 0 aromatic heterocycles. The molecule has 0 aliphatic carbocycles. The zero-order valence-electron chi connectivity index (χ0n) is 9.89. The number of carboxylic acid groups (broad SMARTS) is 1. The third kappa shape index (κ3) is 3.73. The number of rotatable bonds is 5. The van der Waals surface area contributed by atoms with Crippen LogP contribution in [0.1, 0.15) is 23.7 Å². The smallest absolute Gasteiger partial charge is 0.323 e. The predicted molar refractivity (Wildman–Crippen MR) is 69.6 cm³/mol. The number of aromatic hydroxyl groups is 1. The third-order valence-corrected chi connectivity index (χ3v) is 2.79. The van der Waals surface area contributed by atoms with Crippen LogP contribution in [0.2, 0.25) is 0 Å². The Bertz CT molecular complexity index is 461. The monoisotopic (exact) mass is 315 g/mol. The van der Waals surface area contributed by atoms with E-state index < -0.39 is 11.9 Å². The lowest BCUT2D eigenvalue weighted by atomic mass is 10.1. The third-order valence-electron chi connectivity index (χ3n) is 2.30. The number of halogens is 1. The van der Waals surface area contributed by atoms with E-state index in [0.717, 1.165) is 0 Å². The highest BCUT2D eigenvalue weighted by atomic mass is 79.9. The first kappa shape index (κ1) is 14.5. The molecule has 0 unspecified atom stereocenters. The summed E-state index contributed by atoms with van der Waals surface area (Å²) in [6.07, 6.45) is 0.647. The highest BCUT2D eigenvalue weighted by Gasteiger charge is 2.20. The van der Waals surface area contributed by atoms with Crippen LogP contribution in [0.4, 0.5) is 0 Å². The first-order valence-electron chi connectivity index (χ1n) is 5.45. The lowest BCUT2D eigenvalue weighted by Gasteiger charge is -2.20. The number of amides is 1. The molecule has 18 heavy (non-hydrogen) atoms. The van der Waals surface area contributed by atoms with Gasteiger partial charge in [-0.1, -0.05) is 22.9 Å². The van der Waals surface area contributed by atoms with Crippen molar-refractivity contribution in [3.8, 4) is 5.75 Å². The minimum absolute atomic E-state index is 0.0964. The molecule has 0 atom stereocenters. The van der Waals surface area contributed by atoms with Crippen molar-refractivity contribution in [2.45, 2.75) is 13.3 Å². The highest BCUT2D eigenvalue weighted by Crippen LogP contribution is 2.23. The summed E-state index contributed by atoms with van der Waals surface area (Å²) >= 11 is 3.21. The van der Waals surface area contributed by atoms with Crippen molar-refractivity contribution in [3.05, 3.63) is 28.2 Å². The number of phenols is 1. The fourth-order valence-electron chi connectivity index (χ4n) is 1.54. The van der Waals surface area contributed by atoms with Gasteiger partial charge in [0.2, 0.25) is 0 Å². The van der Waals surface area contributed by atoms with E-state index >= 15 is 0 Å². The topological polar surface area (TPSA) is 77.8 Å². The number of carboxylic acids is 1. The molecule has 0 heterocycles. The van der Waals surface area contributed by atoms with Crippen molar-refractivity contribution in [1.82, 2.24) is 4.90 Å². The molecule has 0 saturated carbocycles. The molecule has 1 amide bonds. The molecule has 1 rings (SSSR count). The molecular formula is C12H14BrNO4. The van der Waals surface area contributed by atoms with Gasteiger partial charge in [0.25, 0.3) is 5.91 Å². The van der Waals surface area contributed by atoms with Crippen LogP contribution < -0.4 is 0 Å². The molecule has 5 nitrogen and oxygen atoms in total. The van der Waals surface area contributed by atoms with E-state index in [2.05, 4.69) is 15.9 Å². The van der Waals surface area contributed by atoms with Gasteiger partial charge < -0.3 is 15.1 Å². The number of aliphatic carboxylic acids is 1. The number of carbonyl (C=O) groups is 2. The Hall–Kier alpha value is -1.56. The first-order valence-corrected chi connectivity index (χ1v) is 6.24. The SMILES string of the molecule is CCCN(CC(=O)O)C(=O)c1cc(Br)ccc1O. The molecule has 98 valence electrons. The largest absolute Gasteiger partial charge is 0.507 e. The maximum atomic E-state index is 12.1. The Kier molecular flexibility index (Phi) is 5.15. The Balaban J connectivity index is 3.01. The molecule has 1 aromatic carbocycles. The Morgan fingerprint density at radius 2 is 2.06 bits per heavy atom. The van der Waals surface area contributed by atoms with Gasteiger partial charge in [-0.05, 0) is 24.6 Å². The van der Waals surface area contributed by atoms with E-state index in [1.54, 1.807) is 6.07 Å². The molecule has 1 aromatic rings. The molecule has 0 aliphatic rings. The fourth-order valence-corrected chi connectivity index (χ4v) is 1.90. The molecule has 0 saturated heterocycles. The summed E-state index contributed by atoms with van der Waals surface area (Å²) in [5.74, 6) is -1.72. The van der Waals surface area contributed by atoms with Crippen LogP contribution in [0.3, 0.4) is 0 Å². The molecular weight excluding hydrogens is 302 g/mol. The second-order valence-corrected chi connectivity index (χ2v) is 4.70. The number of carbonyl (C=O) groups excluding carboxylic acids is 1. The zero-order valence-corrected chi connectivity index (χ0v) is 11.5. The van der Waals surface area contributed by atoms with Gasteiger partial charge in [0, 0.05) is 11.0 Å². The molecule has 2 N–H and O–H groups in total. The van der Waals surface area contributed by atoms with Crippen molar-refractivity contribution in [2.24, 2.45) is 0 Å². The van der Waals surface area contributed by atoms with Crippen LogP contribution in [-0.4, -0.2) is 40.1 Å². The van der Waals surface area contributed by atoms with Crippen LogP contribution in [0.25, 0.3) is 0 Å². The minimum atomic E-state index is -1.08. The summed E-state index contributed by atoms with van der Waals surface area (Å²) in [5.41, 5.74) is 0.0964. The van der Waals surface area contributed by atoms with Crippen molar-refractivity contribution in [3.63, 3.8) is 0 Å². The van der Waals surface area contributed by atoms with Crippen LogP contribution >= 0.6 is 15.9 Å². The van der Waals surface area contributed by atoms with Crippen molar-refractivity contribution in [2.75, 3.05) is 13.1 Å². The van der Waals surface area contributed by atoms with Gasteiger partial charge in [0.15, 0.2) is 0 Å². The van der Waals surface area contributed by atoms with Gasteiger partial charge in [-0.2, -0.15) is 0 Å². The number of hydrogen-bond acceptors (Lipinski definition) is 3. The van der Waals surface area contributed by atoms with E-state index in [-0.39, 0.29) is 17.9 Å². The number of phenolic OH excluding ortho intramolecular Hbond substituents is 1. The van der Waals surface area contributed by atoms with Crippen LogP contribution in [-0.2, 0) is 4.79 Å². The Morgan fingerprint density at radius 3 is 2.61 bits per heavy atom. The zero-order chi connectivity index (χ0) is 13.7. The summed E-state index contributed by atoms with van der Waals surface area (Å²) in [4.78, 5) is 24.0. The van der Waals surface area contributed by atoms with Crippen molar-refractivity contribution >= 4 is 27.8 Å². The lowest BCUT2D eigenvalue weighted by molar-refractivity contribution is -0.137. The van der Waals surface area contributed by atoms with E-state index in [0.29, 0.717) is 17.4 Å². The quantitative estimate of drug-likeness (QED) is 0.872. The van der Waals surface area contributed by atoms with Crippen LogP contribution in [0, 0.1) is 0 Å². The maximum absolute atomic E-state index is 12.1. The van der Waals surface area contributed by atoms with Crippen LogP contribution in [0.15, 0.2) is 22.7 Å². The summed E-state index contributed by atoms with van der Waals surface area (Å²) < 4.78 is 0.649. The first-order chi connectivity index (χ1) is 8.45. The Morgan fingerprint density at radius 1 is 1.39 bits per heavy atom. The number of benzene rings is 1. The van der Waals surface area contributed by atoms with E-state index in [1.165, 1.54) is 17.0 Å². The van der Waals surface area contributed by atoms with Gasteiger partial charge >= 0.3 is 5.97 Å². The molecule has 0 spiro atoms. The van der Waals surface area contributed by atoms with E-state index in [1.807, 2.05) is 6.92 Å². The van der Waals surface area contributed by atoms with Gasteiger partial charge in [-0.3, -0.25) is 9.59 Å². The maximum Gasteiger partial charge on any atom is 0.323 e. The summed E-state index contributed by atoms with van der Waals surface area (Å²) in [7, 11) is 0. The van der Waals surface area contributed by atoms with E-state index in [4.69, 9.17) is 5.11 Å². The number of nitrogens with zero attached hydrogens (tertiary/aromatic N) is 1.